The van der Waals surface area contributed by atoms with E-state index in [2.05, 4.69) is 15.2 Å². The Bertz CT molecular complexity index is 603. The number of nitrogens with two attached hydrogens (primary N) is 1. The monoisotopic (exact) mass is 267 g/mol. The summed E-state index contributed by atoms with van der Waals surface area (Å²) in [4.78, 5) is 3.87. The molecule has 2 aromatic rings. The molecule has 2 aromatic heterocycles. The molecule has 1 aliphatic rings. The second-order valence-corrected chi connectivity index (χ2v) is 4.32. The largest absolute Gasteiger partial charge is 0.394 e. The molecular weight excluding hydrogens is 254 g/mol. The number of hydrogen-bond acceptors (Lipinski definition) is 8. The summed E-state index contributed by atoms with van der Waals surface area (Å²) in [6, 6.07) is 0. The summed E-state index contributed by atoms with van der Waals surface area (Å²) in [5.74, 6) is 0.500. The summed E-state index contributed by atoms with van der Waals surface area (Å²) >= 11 is 0. The molecule has 19 heavy (non-hydrogen) atoms. The SMILES string of the molecule is Nc1nccn2c([C@@H]3O[C@H](CO)[C@@H](O)[C@H]3O)nnc12. The van der Waals surface area contributed by atoms with Gasteiger partial charge in [-0.3, -0.25) is 4.40 Å². The summed E-state index contributed by atoms with van der Waals surface area (Å²) < 4.78 is 6.92. The number of nitrogen functional groups attached to an aromatic ring is 1. The predicted octanol–water partition coefficient (Wildman–Crippen LogP) is -2.14. The third kappa shape index (κ3) is 1.75. The van der Waals surface area contributed by atoms with E-state index < -0.39 is 31.0 Å². The van der Waals surface area contributed by atoms with Crippen molar-refractivity contribution in [3.8, 4) is 0 Å². The van der Waals surface area contributed by atoms with Crippen LogP contribution in [0.2, 0.25) is 0 Å². The number of aliphatic hydroxyl groups excluding tert-OH is 3. The lowest BCUT2D eigenvalue weighted by Crippen LogP contribution is -2.32. The molecule has 9 heteroatoms. The molecule has 0 bridgehead atoms. The van der Waals surface area contributed by atoms with Crippen LogP contribution < -0.4 is 5.73 Å². The Morgan fingerprint density at radius 1 is 1.32 bits per heavy atom. The molecule has 0 spiro atoms. The van der Waals surface area contributed by atoms with Crippen LogP contribution in [0.15, 0.2) is 12.4 Å². The van der Waals surface area contributed by atoms with Crippen LogP contribution in [0, 0.1) is 0 Å². The van der Waals surface area contributed by atoms with E-state index in [-0.39, 0.29) is 5.82 Å². The number of fused-ring (bicyclic) bond motifs is 1. The molecule has 1 aliphatic heterocycles. The van der Waals surface area contributed by atoms with Gasteiger partial charge in [-0.25, -0.2) is 4.98 Å². The van der Waals surface area contributed by atoms with E-state index in [0.717, 1.165) is 0 Å². The van der Waals surface area contributed by atoms with Gasteiger partial charge in [0.1, 0.15) is 24.4 Å². The molecule has 1 saturated heterocycles. The fourth-order valence-electron chi connectivity index (χ4n) is 2.17. The van der Waals surface area contributed by atoms with Crippen LogP contribution >= 0.6 is 0 Å². The highest BCUT2D eigenvalue weighted by Gasteiger charge is 2.45. The zero-order valence-electron chi connectivity index (χ0n) is 9.79. The van der Waals surface area contributed by atoms with Crippen molar-refractivity contribution < 1.29 is 20.1 Å². The van der Waals surface area contributed by atoms with E-state index in [9.17, 15) is 10.2 Å². The van der Waals surface area contributed by atoms with E-state index >= 15 is 0 Å². The zero-order chi connectivity index (χ0) is 13.6. The third-order valence-electron chi connectivity index (χ3n) is 3.18. The number of rotatable bonds is 2. The van der Waals surface area contributed by atoms with Gasteiger partial charge < -0.3 is 25.8 Å². The Morgan fingerprint density at radius 3 is 2.79 bits per heavy atom. The summed E-state index contributed by atoms with van der Waals surface area (Å²) in [7, 11) is 0. The second kappa shape index (κ2) is 4.38. The van der Waals surface area contributed by atoms with Crippen LogP contribution in [-0.2, 0) is 4.74 Å². The molecule has 0 aromatic carbocycles. The average Bonchev–Trinajstić information content (AvgIpc) is 2.94. The van der Waals surface area contributed by atoms with E-state index in [4.69, 9.17) is 15.6 Å². The highest BCUT2D eigenvalue weighted by atomic mass is 16.6. The lowest BCUT2D eigenvalue weighted by Gasteiger charge is -2.12. The van der Waals surface area contributed by atoms with Crippen molar-refractivity contribution in [1.82, 2.24) is 19.6 Å². The minimum Gasteiger partial charge on any atom is -0.394 e. The Hall–Kier alpha value is -1.81. The Kier molecular flexibility index (Phi) is 2.82. The van der Waals surface area contributed by atoms with Gasteiger partial charge in [0, 0.05) is 12.4 Å². The van der Waals surface area contributed by atoms with E-state index in [0.29, 0.717) is 11.5 Å². The van der Waals surface area contributed by atoms with E-state index in [1.807, 2.05) is 0 Å². The van der Waals surface area contributed by atoms with Crippen molar-refractivity contribution in [3.05, 3.63) is 18.2 Å². The molecule has 0 radical (unpaired) electrons. The van der Waals surface area contributed by atoms with Crippen molar-refractivity contribution in [2.24, 2.45) is 0 Å². The molecule has 3 rings (SSSR count). The summed E-state index contributed by atoms with van der Waals surface area (Å²) in [5.41, 5.74) is 6.00. The van der Waals surface area contributed by atoms with Crippen LogP contribution in [0.1, 0.15) is 11.9 Å². The lowest BCUT2D eigenvalue weighted by molar-refractivity contribution is -0.0255. The lowest BCUT2D eigenvalue weighted by atomic mass is 10.1. The van der Waals surface area contributed by atoms with Crippen molar-refractivity contribution in [3.63, 3.8) is 0 Å². The third-order valence-corrected chi connectivity index (χ3v) is 3.18. The van der Waals surface area contributed by atoms with Gasteiger partial charge in [-0.05, 0) is 0 Å². The maximum absolute atomic E-state index is 9.95. The molecular formula is C10H13N5O4. The highest BCUT2D eigenvalue weighted by Crippen LogP contribution is 2.32. The maximum atomic E-state index is 9.95. The van der Waals surface area contributed by atoms with Crippen molar-refractivity contribution in [2.75, 3.05) is 12.3 Å². The molecule has 3 heterocycles. The molecule has 0 saturated carbocycles. The van der Waals surface area contributed by atoms with Gasteiger partial charge in [0.2, 0.25) is 5.65 Å². The standard InChI is InChI=1S/C10H13N5O4/c11-8-10-14-13-9(15(10)2-1-12-8)7-6(18)5(17)4(3-16)19-7/h1-2,4-7,16-18H,3H2,(H2,11,12)/t4-,5-,6-,7-/m1/s1. The van der Waals surface area contributed by atoms with Gasteiger partial charge in [0.25, 0.3) is 0 Å². The van der Waals surface area contributed by atoms with Gasteiger partial charge in [0.05, 0.1) is 6.61 Å². The van der Waals surface area contributed by atoms with E-state index in [1.165, 1.54) is 10.6 Å². The van der Waals surface area contributed by atoms with Gasteiger partial charge >= 0.3 is 0 Å². The minimum absolute atomic E-state index is 0.202. The van der Waals surface area contributed by atoms with Gasteiger partial charge in [-0.2, -0.15) is 0 Å². The van der Waals surface area contributed by atoms with E-state index in [1.54, 1.807) is 6.20 Å². The Morgan fingerprint density at radius 2 is 2.11 bits per heavy atom. The quantitative estimate of drug-likeness (QED) is 0.483. The molecule has 102 valence electrons. The van der Waals surface area contributed by atoms with Crippen molar-refractivity contribution in [2.45, 2.75) is 24.4 Å². The first-order chi connectivity index (χ1) is 9.13. The number of anilines is 1. The molecule has 5 N–H and O–H groups in total. The first-order valence-electron chi connectivity index (χ1n) is 5.71. The van der Waals surface area contributed by atoms with Crippen LogP contribution in [-0.4, -0.2) is 59.8 Å². The summed E-state index contributed by atoms with van der Waals surface area (Å²) in [5, 5.41) is 36.5. The number of ether oxygens (including phenoxy) is 1. The smallest absolute Gasteiger partial charge is 0.203 e. The van der Waals surface area contributed by atoms with Gasteiger partial charge in [-0.15, -0.1) is 10.2 Å². The van der Waals surface area contributed by atoms with Crippen LogP contribution in [0.3, 0.4) is 0 Å². The van der Waals surface area contributed by atoms with Crippen molar-refractivity contribution >= 4 is 11.5 Å². The number of hydrogen-bond donors (Lipinski definition) is 4. The topological polar surface area (TPSA) is 139 Å². The Labute approximate surface area is 107 Å². The fraction of sp³-hybridized carbons (Fsp3) is 0.500. The zero-order valence-corrected chi connectivity index (χ0v) is 9.79. The van der Waals surface area contributed by atoms with Crippen LogP contribution in [0.4, 0.5) is 5.82 Å². The van der Waals surface area contributed by atoms with Crippen molar-refractivity contribution in [1.29, 1.82) is 0 Å². The number of aliphatic hydroxyl groups is 3. The first-order valence-corrected chi connectivity index (χ1v) is 5.71. The Balaban J connectivity index is 2.04. The highest BCUT2D eigenvalue weighted by molar-refractivity contribution is 5.58. The first kappa shape index (κ1) is 12.2. The number of nitrogens with zero attached hydrogens (tertiary/aromatic N) is 4. The molecule has 0 aliphatic carbocycles. The predicted molar refractivity (Wildman–Crippen MR) is 61.9 cm³/mol. The molecule has 1 fully saturated rings. The normalized spacial score (nSPS) is 31.1. The van der Waals surface area contributed by atoms with Crippen LogP contribution in [0.25, 0.3) is 5.65 Å². The average molecular weight is 267 g/mol. The molecule has 0 unspecified atom stereocenters. The minimum atomic E-state index is -1.20. The molecule has 0 amide bonds. The van der Waals surface area contributed by atoms with Gasteiger partial charge in [0.15, 0.2) is 11.6 Å². The molecule has 4 atom stereocenters. The maximum Gasteiger partial charge on any atom is 0.203 e. The van der Waals surface area contributed by atoms with Gasteiger partial charge in [-0.1, -0.05) is 0 Å². The van der Waals surface area contributed by atoms with Crippen LogP contribution in [0.5, 0.6) is 0 Å². The fourth-order valence-corrected chi connectivity index (χ4v) is 2.17. The number of aromatic nitrogens is 4. The molecule has 9 nitrogen and oxygen atoms in total. The summed E-state index contributed by atoms with van der Waals surface area (Å²) in [6.45, 7) is -0.394. The second-order valence-electron chi connectivity index (χ2n) is 4.32. The summed E-state index contributed by atoms with van der Waals surface area (Å²) in [6.07, 6.45) is -1.07.